The molecule has 2 unspecified atom stereocenters. The molecule has 0 radical (unpaired) electrons. The molecule has 0 saturated carbocycles. The number of benzene rings is 1. The van der Waals surface area contributed by atoms with Crippen LogP contribution < -0.4 is 4.72 Å². The van der Waals surface area contributed by atoms with Gasteiger partial charge in [-0.1, -0.05) is 17.7 Å². The molecule has 2 aromatic heterocycles. The van der Waals surface area contributed by atoms with Crippen molar-refractivity contribution in [1.29, 1.82) is 0 Å². The Morgan fingerprint density at radius 3 is 2.56 bits per heavy atom. The molecule has 1 N–H and O–H groups in total. The van der Waals surface area contributed by atoms with Crippen LogP contribution in [-0.4, -0.2) is 62.9 Å². The van der Waals surface area contributed by atoms with Gasteiger partial charge in [0.25, 0.3) is 10.2 Å². The van der Waals surface area contributed by atoms with Crippen molar-refractivity contribution in [2.45, 2.75) is 63.8 Å². The summed E-state index contributed by atoms with van der Waals surface area (Å²) in [5, 5.41) is 6.63. The molecule has 41 heavy (non-hydrogen) atoms. The minimum Gasteiger partial charge on any atom is -0.326 e. The van der Waals surface area contributed by atoms with Gasteiger partial charge in [0.15, 0.2) is 10.8 Å². The van der Waals surface area contributed by atoms with Gasteiger partial charge in [0.05, 0.1) is 5.69 Å². The lowest BCUT2D eigenvalue weighted by atomic mass is 9.92. The van der Waals surface area contributed by atoms with Gasteiger partial charge in [-0.2, -0.15) is 31.3 Å². The van der Waals surface area contributed by atoms with Crippen LogP contribution in [0, 0.1) is 5.82 Å². The zero-order chi connectivity index (χ0) is 29.1. The maximum atomic E-state index is 14.0. The van der Waals surface area contributed by atoms with Crippen molar-refractivity contribution in [2.75, 3.05) is 6.54 Å². The van der Waals surface area contributed by atoms with Crippen molar-refractivity contribution >= 4 is 44.6 Å². The molecule has 3 aliphatic rings. The number of aromatic nitrogens is 3. The molecule has 3 aliphatic heterocycles. The van der Waals surface area contributed by atoms with Gasteiger partial charge in [0.2, 0.25) is 0 Å². The molecule has 2 fully saturated rings. The lowest BCUT2D eigenvalue weighted by Gasteiger charge is -2.32. The van der Waals surface area contributed by atoms with E-state index < -0.39 is 34.7 Å². The number of halogens is 4. The van der Waals surface area contributed by atoms with Crippen LogP contribution in [0.4, 0.5) is 13.2 Å². The Kier molecular flexibility index (Phi) is 7.47. The van der Waals surface area contributed by atoms with Crippen LogP contribution in [0.3, 0.4) is 0 Å². The molecular formula is C26H27ClF3N7O2S2. The summed E-state index contributed by atoms with van der Waals surface area (Å²) in [6.45, 7) is 1.17. The first-order chi connectivity index (χ1) is 19.5. The van der Waals surface area contributed by atoms with Crippen LogP contribution in [0.1, 0.15) is 62.0 Å². The van der Waals surface area contributed by atoms with Gasteiger partial charge < -0.3 is 4.90 Å². The van der Waals surface area contributed by atoms with E-state index in [2.05, 4.69) is 14.8 Å². The second-order valence-electron chi connectivity index (χ2n) is 10.4. The summed E-state index contributed by atoms with van der Waals surface area (Å²) in [6, 6.07) is 3.78. The van der Waals surface area contributed by atoms with Crippen molar-refractivity contribution in [3.8, 4) is 0 Å². The number of fused-ring (bicyclic) bond motifs is 1. The Morgan fingerprint density at radius 1 is 1.17 bits per heavy atom. The number of thiazole rings is 1. The molecular weight excluding hydrogens is 599 g/mol. The topological polar surface area (TPSA) is 95.7 Å². The monoisotopic (exact) mass is 625 g/mol. The maximum Gasteiger partial charge on any atom is 0.333 e. The predicted octanol–water partition coefficient (Wildman–Crippen LogP) is 5.22. The Balaban J connectivity index is 1.47. The van der Waals surface area contributed by atoms with Crippen LogP contribution in [0.5, 0.6) is 0 Å². The molecule has 4 atom stereocenters. The zero-order valence-electron chi connectivity index (χ0n) is 22.1. The molecule has 9 nitrogen and oxygen atoms in total. The summed E-state index contributed by atoms with van der Waals surface area (Å²) in [6.07, 6.45) is 4.61. The number of aliphatic imine (C=N–C) groups is 1. The van der Waals surface area contributed by atoms with Gasteiger partial charge in [0, 0.05) is 70.7 Å². The third-order valence-corrected chi connectivity index (χ3v) is 10.7. The van der Waals surface area contributed by atoms with E-state index in [1.165, 1.54) is 46.1 Å². The third kappa shape index (κ3) is 5.20. The number of hydrogen-bond donors (Lipinski definition) is 1. The Hall–Kier alpha value is -2.78. The molecule has 1 aromatic carbocycles. The molecule has 218 valence electrons. The number of nitrogens with zero attached hydrogens (tertiary/aromatic N) is 6. The molecule has 0 aliphatic carbocycles. The number of nitrogens with one attached hydrogen (secondary N) is 1. The summed E-state index contributed by atoms with van der Waals surface area (Å²) in [5.41, 5.74) is 1.84. The van der Waals surface area contributed by atoms with Crippen LogP contribution in [0.25, 0.3) is 5.57 Å². The fraction of sp³-hybridized carbons (Fsp3) is 0.423. The Bertz CT molecular complexity index is 1620. The number of alkyl halides is 2. The first-order valence-corrected chi connectivity index (χ1v) is 15.8. The summed E-state index contributed by atoms with van der Waals surface area (Å²) >= 11 is 7.86. The molecule has 2 saturated heterocycles. The van der Waals surface area contributed by atoms with Gasteiger partial charge in [-0.15, -0.1) is 11.3 Å². The van der Waals surface area contributed by atoms with Crippen molar-refractivity contribution in [3.63, 3.8) is 0 Å². The Morgan fingerprint density at radius 2 is 1.93 bits per heavy atom. The quantitative estimate of drug-likeness (QED) is 0.388. The highest BCUT2D eigenvalue weighted by Gasteiger charge is 2.44. The van der Waals surface area contributed by atoms with Crippen molar-refractivity contribution in [2.24, 2.45) is 4.99 Å². The number of hydrogen-bond acceptors (Lipinski definition) is 7. The highest BCUT2D eigenvalue weighted by Crippen LogP contribution is 2.46. The van der Waals surface area contributed by atoms with Gasteiger partial charge in [-0.25, -0.2) is 14.1 Å². The van der Waals surface area contributed by atoms with Gasteiger partial charge in [0.1, 0.15) is 11.9 Å². The summed E-state index contributed by atoms with van der Waals surface area (Å²) in [4.78, 5) is 11.3. The highest BCUT2D eigenvalue weighted by molar-refractivity contribution is 7.87. The fourth-order valence-corrected chi connectivity index (χ4v) is 8.72. The van der Waals surface area contributed by atoms with Gasteiger partial charge >= 0.3 is 6.55 Å². The van der Waals surface area contributed by atoms with Gasteiger partial charge in [-0.3, -0.25) is 4.99 Å². The van der Waals surface area contributed by atoms with E-state index in [0.29, 0.717) is 32.4 Å². The second-order valence-corrected chi connectivity index (χ2v) is 13.3. The van der Waals surface area contributed by atoms with Crippen molar-refractivity contribution in [1.82, 2.24) is 28.7 Å². The number of amidine groups is 1. The van der Waals surface area contributed by atoms with E-state index in [4.69, 9.17) is 16.6 Å². The molecule has 0 amide bonds. The van der Waals surface area contributed by atoms with E-state index >= 15 is 0 Å². The summed E-state index contributed by atoms with van der Waals surface area (Å²) in [7, 11) is -3.82. The molecule has 0 bridgehead atoms. The van der Waals surface area contributed by atoms with Crippen LogP contribution in [0.15, 0.2) is 52.7 Å². The van der Waals surface area contributed by atoms with E-state index in [9.17, 15) is 21.6 Å². The average Bonchev–Trinajstić information content (AvgIpc) is 3.70. The summed E-state index contributed by atoms with van der Waals surface area (Å²) in [5.74, 6) is -0.0424. The Labute approximate surface area is 244 Å². The van der Waals surface area contributed by atoms with E-state index in [-0.39, 0.29) is 35.8 Å². The van der Waals surface area contributed by atoms with E-state index in [0.717, 1.165) is 12.8 Å². The first-order valence-electron chi connectivity index (χ1n) is 13.1. The second kappa shape index (κ2) is 10.8. The summed E-state index contributed by atoms with van der Waals surface area (Å²) < 4.78 is 73.1. The highest BCUT2D eigenvalue weighted by atomic mass is 35.5. The van der Waals surface area contributed by atoms with E-state index in [1.807, 2.05) is 18.7 Å². The van der Waals surface area contributed by atoms with Crippen molar-refractivity contribution < 1.29 is 21.6 Å². The smallest absolute Gasteiger partial charge is 0.326 e. The van der Waals surface area contributed by atoms with Crippen LogP contribution in [0.2, 0.25) is 5.02 Å². The lowest BCUT2D eigenvalue weighted by Crippen LogP contribution is -2.49. The van der Waals surface area contributed by atoms with Gasteiger partial charge in [-0.05, 0) is 44.9 Å². The predicted molar refractivity (Wildman–Crippen MR) is 150 cm³/mol. The molecule has 6 rings (SSSR count). The molecule has 0 spiro atoms. The molecule has 15 heteroatoms. The minimum atomic E-state index is -3.82. The minimum absolute atomic E-state index is 0.115. The lowest BCUT2D eigenvalue weighted by molar-refractivity contribution is 0.0564. The average molecular weight is 626 g/mol. The first kappa shape index (κ1) is 28.3. The fourth-order valence-electron chi connectivity index (χ4n) is 5.95. The van der Waals surface area contributed by atoms with Crippen LogP contribution in [-0.2, 0) is 10.2 Å². The molecule has 3 aromatic rings. The van der Waals surface area contributed by atoms with E-state index in [1.54, 1.807) is 11.6 Å². The maximum absolute atomic E-state index is 14.0. The SMILES string of the molecule is CC1CCC(C)N1S(=O)(=O)N[C@H]1CC2=C(c3ccn(C(F)F)n3)[C@H](c3ccc(F)cc3Cl)N=C(c3nccs3)N2C1. The molecule has 5 heterocycles. The van der Waals surface area contributed by atoms with Crippen LogP contribution >= 0.6 is 22.9 Å². The third-order valence-electron chi connectivity index (χ3n) is 7.69. The zero-order valence-corrected chi connectivity index (χ0v) is 24.5. The normalized spacial score (nSPS) is 25.3. The van der Waals surface area contributed by atoms with Crippen molar-refractivity contribution in [3.05, 3.63) is 74.8 Å². The largest absolute Gasteiger partial charge is 0.333 e. The number of rotatable bonds is 7. The standard InChI is InChI=1S/C26H27ClF3N7O2S2/c1-14-3-4-15(2)37(14)41(38,39)34-17-12-21-22(20-7-9-36(33-20)26(29)30)23(18-6-5-16(28)11-19(18)27)32-24(35(21)13-17)25-31-8-10-40-25/h5-11,14-15,17,23,26,34H,3-4,12-13H2,1-2H3/t14?,15?,17-,23-/m0/s1.